The third kappa shape index (κ3) is 1.32. The molecule has 10 heavy (non-hydrogen) atoms. The van der Waals surface area contributed by atoms with Gasteiger partial charge in [-0.2, -0.15) is 0 Å². The smallest absolute Gasteiger partial charge is 0.0180 e. The molecule has 0 saturated carbocycles. The van der Waals surface area contributed by atoms with Gasteiger partial charge in [0.25, 0.3) is 0 Å². The highest BCUT2D eigenvalue weighted by atomic mass is 79.9. The minimum Gasteiger partial charge on any atom is -0.872 e. The van der Waals surface area contributed by atoms with Crippen LogP contribution in [-0.4, -0.2) is 0 Å². The Bertz CT molecular complexity index is 232. The molecule has 0 aliphatic rings. The van der Waals surface area contributed by atoms with Crippen LogP contribution in [0.1, 0.15) is 11.1 Å². The number of halogens is 1. The van der Waals surface area contributed by atoms with Gasteiger partial charge in [-0.1, -0.05) is 27.1 Å². The molecule has 0 saturated heterocycles. The minimum absolute atomic E-state index is 0.142. The van der Waals surface area contributed by atoms with Gasteiger partial charge in [0.1, 0.15) is 0 Å². The monoisotopic (exact) mass is 199 g/mol. The van der Waals surface area contributed by atoms with E-state index >= 15 is 0 Å². The molecule has 1 aromatic carbocycles. The number of benzene rings is 1. The van der Waals surface area contributed by atoms with Crippen LogP contribution < -0.4 is 5.11 Å². The summed E-state index contributed by atoms with van der Waals surface area (Å²) >= 11 is 3.31. The van der Waals surface area contributed by atoms with Crippen molar-refractivity contribution >= 4 is 15.9 Å². The maximum absolute atomic E-state index is 11.1. The van der Waals surface area contributed by atoms with Crippen LogP contribution in [-0.2, 0) is 0 Å². The first-order chi connectivity index (χ1) is 4.61. The molecule has 0 spiro atoms. The van der Waals surface area contributed by atoms with Gasteiger partial charge < -0.3 is 5.11 Å². The van der Waals surface area contributed by atoms with Gasteiger partial charge in [-0.25, -0.2) is 0 Å². The number of hydrogen-bond acceptors (Lipinski definition) is 1. The van der Waals surface area contributed by atoms with E-state index in [1.54, 1.807) is 0 Å². The van der Waals surface area contributed by atoms with Gasteiger partial charge in [0.05, 0.1) is 0 Å². The summed E-state index contributed by atoms with van der Waals surface area (Å²) in [5, 5.41) is 11.1. The van der Waals surface area contributed by atoms with Crippen molar-refractivity contribution in [2.75, 3.05) is 0 Å². The van der Waals surface area contributed by atoms with E-state index in [1.165, 1.54) is 0 Å². The van der Waals surface area contributed by atoms with E-state index in [4.69, 9.17) is 0 Å². The van der Waals surface area contributed by atoms with Crippen molar-refractivity contribution < 1.29 is 5.11 Å². The van der Waals surface area contributed by atoms with Gasteiger partial charge in [-0.3, -0.25) is 0 Å². The molecule has 0 aliphatic carbocycles. The summed E-state index contributed by atoms with van der Waals surface area (Å²) in [6.07, 6.45) is 0. The minimum atomic E-state index is 0.142. The third-order valence-corrected chi connectivity index (χ3v) is 1.88. The van der Waals surface area contributed by atoms with E-state index in [9.17, 15) is 5.11 Å². The topological polar surface area (TPSA) is 23.1 Å². The molecular weight excluding hydrogens is 192 g/mol. The van der Waals surface area contributed by atoms with Crippen molar-refractivity contribution in [3.8, 4) is 5.75 Å². The van der Waals surface area contributed by atoms with Crippen LogP contribution in [0.3, 0.4) is 0 Å². The lowest BCUT2D eigenvalue weighted by atomic mass is 10.1. The van der Waals surface area contributed by atoms with E-state index in [2.05, 4.69) is 15.9 Å². The molecule has 54 valence electrons. The molecule has 0 aromatic heterocycles. The van der Waals surface area contributed by atoms with Crippen molar-refractivity contribution in [3.63, 3.8) is 0 Å². The average molecular weight is 200 g/mol. The van der Waals surface area contributed by atoms with Crippen LogP contribution in [0, 0.1) is 13.8 Å². The molecule has 0 atom stereocenters. The molecule has 0 radical (unpaired) electrons. The highest BCUT2D eigenvalue weighted by molar-refractivity contribution is 9.10. The van der Waals surface area contributed by atoms with Crippen molar-refractivity contribution in [2.24, 2.45) is 0 Å². The average Bonchev–Trinajstić information content (AvgIpc) is 1.82. The van der Waals surface area contributed by atoms with Crippen molar-refractivity contribution in [1.29, 1.82) is 0 Å². The molecule has 1 rings (SSSR count). The first-order valence-electron chi connectivity index (χ1n) is 3.05. The third-order valence-electron chi connectivity index (χ3n) is 1.43. The summed E-state index contributed by atoms with van der Waals surface area (Å²) in [5.41, 5.74) is 1.60. The van der Waals surface area contributed by atoms with E-state index in [0.29, 0.717) is 0 Å². The van der Waals surface area contributed by atoms with Gasteiger partial charge in [-0.05, 0) is 26.0 Å². The first-order valence-corrected chi connectivity index (χ1v) is 3.84. The largest absolute Gasteiger partial charge is 0.872 e. The zero-order valence-electron chi connectivity index (χ0n) is 5.94. The second kappa shape index (κ2) is 2.62. The van der Waals surface area contributed by atoms with Gasteiger partial charge in [0, 0.05) is 4.47 Å². The summed E-state index contributed by atoms with van der Waals surface area (Å²) in [5.74, 6) is 0.142. The second-order valence-corrected chi connectivity index (χ2v) is 3.28. The molecule has 0 bridgehead atoms. The van der Waals surface area contributed by atoms with Crippen LogP contribution >= 0.6 is 15.9 Å². The molecule has 0 heterocycles. The van der Waals surface area contributed by atoms with E-state index < -0.39 is 0 Å². The molecule has 0 fully saturated rings. The van der Waals surface area contributed by atoms with Crippen LogP contribution in [0.4, 0.5) is 0 Å². The summed E-state index contributed by atoms with van der Waals surface area (Å²) in [4.78, 5) is 0. The van der Waals surface area contributed by atoms with Gasteiger partial charge in [-0.15, -0.1) is 5.75 Å². The zero-order chi connectivity index (χ0) is 7.72. The molecule has 0 unspecified atom stereocenters. The maximum atomic E-state index is 11.1. The fourth-order valence-electron chi connectivity index (χ4n) is 0.897. The molecule has 2 heteroatoms. The van der Waals surface area contributed by atoms with E-state index in [0.717, 1.165) is 15.6 Å². The van der Waals surface area contributed by atoms with Crippen LogP contribution in [0.15, 0.2) is 16.6 Å². The maximum Gasteiger partial charge on any atom is 0.0180 e. The number of rotatable bonds is 0. The summed E-state index contributed by atoms with van der Waals surface area (Å²) in [6.45, 7) is 3.64. The Labute approximate surface area is 68.8 Å². The lowest BCUT2D eigenvalue weighted by Gasteiger charge is -2.13. The molecule has 1 aromatic rings. The molecule has 0 amide bonds. The summed E-state index contributed by atoms with van der Waals surface area (Å²) in [6, 6.07) is 3.66. The van der Waals surface area contributed by atoms with Crippen molar-refractivity contribution in [1.82, 2.24) is 0 Å². The van der Waals surface area contributed by atoms with E-state index in [-0.39, 0.29) is 5.75 Å². The van der Waals surface area contributed by atoms with Crippen LogP contribution in [0.2, 0.25) is 0 Å². The highest BCUT2D eigenvalue weighted by Crippen LogP contribution is 2.22. The van der Waals surface area contributed by atoms with Crippen molar-refractivity contribution in [3.05, 3.63) is 27.7 Å². The Hall–Kier alpha value is -0.500. The van der Waals surface area contributed by atoms with Crippen LogP contribution in [0.25, 0.3) is 0 Å². The number of aryl methyl sites for hydroxylation is 2. The SMILES string of the molecule is Cc1cc(Br)cc(C)c1[O-]. The summed E-state index contributed by atoms with van der Waals surface area (Å²) < 4.78 is 0.974. The first kappa shape index (κ1) is 7.61. The van der Waals surface area contributed by atoms with Gasteiger partial charge >= 0.3 is 0 Å². The van der Waals surface area contributed by atoms with Gasteiger partial charge in [0.2, 0.25) is 0 Å². The Kier molecular flexibility index (Phi) is 2.00. The van der Waals surface area contributed by atoms with Crippen molar-refractivity contribution in [2.45, 2.75) is 13.8 Å². The quantitative estimate of drug-likeness (QED) is 0.629. The normalized spacial score (nSPS) is 9.90. The lowest BCUT2D eigenvalue weighted by Crippen LogP contribution is -1.95. The van der Waals surface area contributed by atoms with Crippen LogP contribution in [0.5, 0.6) is 5.75 Å². The predicted molar refractivity (Wildman–Crippen MR) is 43.1 cm³/mol. The fraction of sp³-hybridized carbons (Fsp3) is 0.250. The molecule has 0 aliphatic heterocycles. The highest BCUT2D eigenvalue weighted by Gasteiger charge is 1.92. The Balaban J connectivity index is 3.31. The Morgan fingerprint density at radius 3 is 2.00 bits per heavy atom. The molecule has 0 N–H and O–H groups in total. The summed E-state index contributed by atoms with van der Waals surface area (Å²) in [7, 11) is 0. The second-order valence-electron chi connectivity index (χ2n) is 2.37. The van der Waals surface area contributed by atoms with Gasteiger partial charge in [0.15, 0.2) is 0 Å². The Morgan fingerprint density at radius 2 is 1.60 bits per heavy atom. The molecule has 1 nitrogen and oxygen atoms in total. The van der Waals surface area contributed by atoms with E-state index in [1.807, 2.05) is 26.0 Å². The standard InChI is InChI=1S/C8H9BrO/c1-5-3-7(9)4-6(2)8(5)10/h3-4,10H,1-2H3/p-1. The fourth-order valence-corrected chi connectivity index (χ4v) is 1.58. The number of hydrogen-bond donors (Lipinski definition) is 0. The Morgan fingerprint density at radius 1 is 1.20 bits per heavy atom. The molecular formula is C8H8BrO-. The lowest BCUT2D eigenvalue weighted by molar-refractivity contribution is -0.270. The zero-order valence-corrected chi connectivity index (χ0v) is 7.53. The predicted octanol–water partition coefficient (Wildman–Crippen LogP) is 2.14.